The van der Waals surface area contributed by atoms with Gasteiger partial charge in [0.25, 0.3) is 5.56 Å². The van der Waals surface area contributed by atoms with Crippen LogP contribution in [-0.2, 0) is 0 Å². The van der Waals surface area contributed by atoms with Gasteiger partial charge in [0.2, 0.25) is 0 Å². The molecule has 0 fully saturated rings. The van der Waals surface area contributed by atoms with Crippen molar-refractivity contribution >= 4 is 17.0 Å². The van der Waals surface area contributed by atoms with Crippen LogP contribution in [0.3, 0.4) is 0 Å². The van der Waals surface area contributed by atoms with Crippen LogP contribution in [0.25, 0.3) is 28.4 Å². The van der Waals surface area contributed by atoms with Gasteiger partial charge in [-0.15, -0.1) is 0 Å². The predicted octanol–water partition coefficient (Wildman–Crippen LogP) is 4.68. The number of hydrogen-bond acceptors (Lipinski definition) is 3. The van der Waals surface area contributed by atoms with E-state index in [4.69, 9.17) is 4.74 Å². The number of para-hydroxylation sites is 2. The van der Waals surface area contributed by atoms with E-state index in [0.717, 1.165) is 11.1 Å². The van der Waals surface area contributed by atoms with Gasteiger partial charge < -0.3 is 9.72 Å². The molecule has 0 atom stereocenters. The molecule has 0 amide bonds. The normalized spacial score (nSPS) is 11.1. The highest BCUT2D eigenvalue weighted by Gasteiger charge is 2.10. The Morgan fingerprint density at radius 2 is 1.63 bits per heavy atom. The number of rotatable bonds is 5. The van der Waals surface area contributed by atoms with Gasteiger partial charge in [0.05, 0.1) is 16.5 Å². The van der Waals surface area contributed by atoms with E-state index in [0.29, 0.717) is 29.1 Å². The van der Waals surface area contributed by atoms with E-state index in [1.54, 1.807) is 6.07 Å². The predicted molar refractivity (Wildman–Crippen MR) is 109 cm³/mol. The Balaban J connectivity index is 1.60. The number of fused-ring (bicyclic) bond motifs is 1. The van der Waals surface area contributed by atoms with Crippen molar-refractivity contribution in [3.63, 3.8) is 0 Å². The van der Waals surface area contributed by atoms with Gasteiger partial charge in [-0.3, -0.25) is 4.79 Å². The fraction of sp³-hybridized carbons (Fsp3) is 0.0435. The summed E-state index contributed by atoms with van der Waals surface area (Å²) >= 11 is 0. The summed E-state index contributed by atoms with van der Waals surface area (Å²) in [5, 5.41) is 0.574. The Morgan fingerprint density at radius 3 is 2.52 bits per heavy atom. The molecule has 1 heterocycles. The Labute approximate surface area is 156 Å². The maximum atomic E-state index is 12.4. The molecule has 0 radical (unpaired) electrons. The Morgan fingerprint density at radius 1 is 0.889 bits per heavy atom. The minimum Gasteiger partial charge on any atom is -0.489 e. The second-order valence-corrected chi connectivity index (χ2v) is 6.05. The van der Waals surface area contributed by atoms with E-state index in [1.165, 1.54) is 0 Å². The van der Waals surface area contributed by atoms with E-state index in [2.05, 4.69) is 9.97 Å². The first-order chi connectivity index (χ1) is 13.3. The maximum absolute atomic E-state index is 12.4. The Kier molecular flexibility index (Phi) is 4.79. The third kappa shape index (κ3) is 3.80. The highest BCUT2D eigenvalue weighted by atomic mass is 16.5. The van der Waals surface area contributed by atoms with E-state index in [1.807, 2.05) is 84.9 Å². The van der Waals surface area contributed by atoms with Crippen LogP contribution in [0.5, 0.6) is 5.75 Å². The number of benzene rings is 3. The van der Waals surface area contributed by atoms with Crippen molar-refractivity contribution in [2.45, 2.75) is 0 Å². The standard InChI is InChI=1S/C23H18N2O2/c26-23-18-12-4-6-14-20(18)24-22(25-23)19-13-5-7-15-21(19)27-16-8-11-17-9-2-1-3-10-17/h1-15H,16H2,(H,24,25,26). The van der Waals surface area contributed by atoms with Gasteiger partial charge in [-0.1, -0.05) is 60.7 Å². The molecule has 4 aromatic rings. The van der Waals surface area contributed by atoms with Gasteiger partial charge in [-0.25, -0.2) is 4.98 Å². The van der Waals surface area contributed by atoms with E-state index >= 15 is 0 Å². The summed E-state index contributed by atoms with van der Waals surface area (Å²) in [7, 11) is 0. The molecule has 4 nitrogen and oxygen atoms in total. The molecular weight excluding hydrogens is 336 g/mol. The van der Waals surface area contributed by atoms with Gasteiger partial charge in [-0.05, 0) is 35.9 Å². The molecule has 0 unspecified atom stereocenters. The first-order valence-corrected chi connectivity index (χ1v) is 8.74. The van der Waals surface area contributed by atoms with Gasteiger partial charge in [0, 0.05) is 0 Å². The molecular formula is C23H18N2O2. The van der Waals surface area contributed by atoms with E-state index in [-0.39, 0.29) is 5.56 Å². The number of H-pyrrole nitrogens is 1. The summed E-state index contributed by atoms with van der Waals surface area (Å²) in [6.07, 6.45) is 3.97. The zero-order valence-electron chi connectivity index (χ0n) is 14.6. The molecule has 0 aliphatic carbocycles. The zero-order chi connectivity index (χ0) is 18.5. The van der Waals surface area contributed by atoms with Gasteiger partial charge in [-0.2, -0.15) is 0 Å². The highest BCUT2D eigenvalue weighted by molar-refractivity contribution is 5.80. The molecule has 4 heteroatoms. The lowest BCUT2D eigenvalue weighted by Gasteiger charge is -2.10. The highest BCUT2D eigenvalue weighted by Crippen LogP contribution is 2.27. The van der Waals surface area contributed by atoms with Crippen molar-refractivity contribution in [3.8, 4) is 17.1 Å². The molecule has 4 rings (SSSR count). The van der Waals surface area contributed by atoms with Crippen molar-refractivity contribution < 1.29 is 4.74 Å². The van der Waals surface area contributed by atoms with Crippen molar-refractivity contribution in [2.24, 2.45) is 0 Å². The van der Waals surface area contributed by atoms with Crippen molar-refractivity contribution in [1.29, 1.82) is 0 Å². The van der Waals surface area contributed by atoms with Crippen LogP contribution in [0.2, 0.25) is 0 Å². The van der Waals surface area contributed by atoms with E-state index < -0.39 is 0 Å². The molecule has 0 aliphatic rings. The van der Waals surface area contributed by atoms with Gasteiger partial charge in [0.1, 0.15) is 18.2 Å². The maximum Gasteiger partial charge on any atom is 0.259 e. The van der Waals surface area contributed by atoms with Crippen LogP contribution >= 0.6 is 0 Å². The second kappa shape index (κ2) is 7.70. The number of ether oxygens (including phenoxy) is 1. The summed E-state index contributed by atoms with van der Waals surface area (Å²) in [5.41, 5.74) is 2.38. The van der Waals surface area contributed by atoms with Crippen LogP contribution in [0.4, 0.5) is 0 Å². The van der Waals surface area contributed by atoms with Crippen LogP contribution in [0, 0.1) is 0 Å². The average Bonchev–Trinajstić information content (AvgIpc) is 2.72. The first kappa shape index (κ1) is 16.8. The number of aromatic nitrogens is 2. The van der Waals surface area contributed by atoms with Crippen molar-refractivity contribution in [3.05, 3.63) is 101 Å². The molecule has 0 saturated carbocycles. The molecule has 3 aromatic carbocycles. The van der Waals surface area contributed by atoms with Crippen LogP contribution in [0.1, 0.15) is 5.56 Å². The largest absolute Gasteiger partial charge is 0.489 e. The number of aromatic amines is 1. The topological polar surface area (TPSA) is 55.0 Å². The summed E-state index contributed by atoms with van der Waals surface area (Å²) in [6, 6.07) is 24.9. The molecule has 0 bridgehead atoms. The molecule has 27 heavy (non-hydrogen) atoms. The summed E-state index contributed by atoms with van der Waals surface area (Å²) in [5.74, 6) is 1.18. The minimum atomic E-state index is -0.158. The van der Waals surface area contributed by atoms with E-state index in [9.17, 15) is 4.79 Å². The molecule has 1 N–H and O–H groups in total. The lowest BCUT2D eigenvalue weighted by molar-refractivity contribution is 0.365. The molecule has 1 aromatic heterocycles. The first-order valence-electron chi connectivity index (χ1n) is 8.74. The molecule has 0 aliphatic heterocycles. The van der Waals surface area contributed by atoms with Crippen LogP contribution in [0.15, 0.2) is 89.7 Å². The summed E-state index contributed by atoms with van der Waals surface area (Å²) in [6.45, 7) is 0.420. The molecule has 132 valence electrons. The third-order valence-electron chi connectivity index (χ3n) is 4.20. The molecule has 0 saturated heterocycles. The fourth-order valence-corrected chi connectivity index (χ4v) is 2.89. The fourth-order valence-electron chi connectivity index (χ4n) is 2.89. The number of hydrogen-bond donors (Lipinski definition) is 1. The average molecular weight is 354 g/mol. The quantitative estimate of drug-likeness (QED) is 0.566. The SMILES string of the molecule is O=c1[nH]c(-c2ccccc2OCC=Cc2ccccc2)nc2ccccc12. The monoisotopic (exact) mass is 354 g/mol. The lowest BCUT2D eigenvalue weighted by Crippen LogP contribution is -2.10. The summed E-state index contributed by atoms with van der Waals surface area (Å²) < 4.78 is 5.92. The summed E-state index contributed by atoms with van der Waals surface area (Å²) in [4.78, 5) is 19.8. The van der Waals surface area contributed by atoms with Gasteiger partial charge >= 0.3 is 0 Å². The minimum absolute atomic E-state index is 0.158. The van der Waals surface area contributed by atoms with Crippen LogP contribution in [-0.4, -0.2) is 16.6 Å². The zero-order valence-corrected chi connectivity index (χ0v) is 14.6. The second-order valence-electron chi connectivity index (χ2n) is 6.05. The van der Waals surface area contributed by atoms with Crippen molar-refractivity contribution in [2.75, 3.05) is 6.61 Å². The van der Waals surface area contributed by atoms with Crippen molar-refractivity contribution in [1.82, 2.24) is 9.97 Å². The van der Waals surface area contributed by atoms with Gasteiger partial charge in [0.15, 0.2) is 0 Å². The Bertz CT molecular complexity index is 1150. The third-order valence-corrected chi connectivity index (χ3v) is 4.20. The number of nitrogens with zero attached hydrogens (tertiary/aromatic N) is 1. The Hall–Kier alpha value is -3.66. The lowest BCUT2D eigenvalue weighted by atomic mass is 10.1. The smallest absolute Gasteiger partial charge is 0.259 e. The van der Waals surface area contributed by atoms with Crippen LogP contribution < -0.4 is 10.3 Å². The molecule has 0 spiro atoms. The number of nitrogens with one attached hydrogen (secondary N) is 1.